The maximum atomic E-state index is 11.7. The van der Waals surface area contributed by atoms with Gasteiger partial charge in [0.15, 0.2) is 0 Å². The zero-order chi connectivity index (χ0) is 16.7. The summed E-state index contributed by atoms with van der Waals surface area (Å²) in [4.78, 5) is 11.7. The molecule has 23 heavy (non-hydrogen) atoms. The van der Waals surface area contributed by atoms with Crippen LogP contribution in [0.15, 0.2) is 46.9 Å². The van der Waals surface area contributed by atoms with Crippen molar-refractivity contribution in [2.45, 2.75) is 19.4 Å². The summed E-state index contributed by atoms with van der Waals surface area (Å²) in [5.74, 6) is 0.315. The molecule has 2 rings (SSSR count). The van der Waals surface area contributed by atoms with E-state index in [1.54, 1.807) is 18.2 Å². The highest BCUT2D eigenvalue weighted by Crippen LogP contribution is 2.27. The highest BCUT2D eigenvalue weighted by Gasteiger charge is 2.07. The van der Waals surface area contributed by atoms with E-state index in [1.807, 2.05) is 24.3 Å². The third kappa shape index (κ3) is 6.05. The van der Waals surface area contributed by atoms with Crippen LogP contribution in [0.1, 0.15) is 18.4 Å². The Labute approximate surface area is 153 Å². The lowest BCUT2D eigenvalue weighted by atomic mass is 10.2. The van der Waals surface area contributed by atoms with Crippen molar-refractivity contribution in [1.29, 1.82) is 0 Å². The van der Waals surface area contributed by atoms with Crippen molar-refractivity contribution in [1.82, 2.24) is 0 Å². The molecular formula is C17H15BrCl2O3. The molecule has 0 aromatic heterocycles. The molecule has 6 heteroatoms. The zero-order valence-electron chi connectivity index (χ0n) is 12.2. The Bertz CT molecular complexity index is 677. The maximum Gasteiger partial charge on any atom is 0.306 e. The van der Waals surface area contributed by atoms with Gasteiger partial charge >= 0.3 is 5.97 Å². The summed E-state index contributed by atoms with van der Waals surface area (Å²) in [7, 11) is 0. The van der Waals surface area contributed by atoms with E-state index in [-0.39, 0.29) is 19.0 Å². The van der Waals surface area contributed by atoms with Crippen molar-refractivity contribution in [2.24, 2.45) is 0 Å². The normalized spacial score (nSPS) is 10.4. The van der Waals surface area contributed by atoms with Crippen LogP contribution in [0.5, 0.6) is 5.75 Å². The van der Waals surface area contributed by atoms with Gasteiger partial charge in [0.05, 0.1) is 11.6 Å². The SMILES string of the molecule is O=C(CCCOc1ccc(Br)cc1Cl)OCc1ccccc1Cl. The second-order valence-corrected chi connectivity index (χ2v) is 6.51. The van der Waals surface area contributed by atoms with Gasteiger partial charge in [0.1, 0.15) is 12.4 Å². The molecule has 3 nitrogen and oxygen atoms in total. The Morgan fingerprint density at radius 2 is 1.87 bits per heavy atom. The Kier molecular flexibility index (Phi) is 7.21. The van der Waals surface area contributed by atoms with E-state index in [9.17, 15) is 4.79 Å². The first-order valence-corrected chi connectivity index (χ1v) is 8.58. The average molecular weight is 418 g/mol. The van der Waals surface area contributed by atoms with Gasteiger partial charge in [-0.05, 0) is 30.7 Å². The monoisotopic (exact) mass is 416 g/mol. The number of ether oxygens (including phenoxy) is 2. The molecule has 0 spiro atoms. The molecule has 2 aromatic rings. The molecule has 0 aliphatic rings. The molecule has 0 heterocycles. The van der Waals surface area contributed by atoms with E-state index in [1.165, 1.54) is 0 Å². The number of carbonyl (C=O) groups is 1. The third-order valence-corrected chi connectivity index (χ3v) is 4.18. The molecule has 2 aromatic carbocycles. The van der Waals surface area contributed by atoms with E-state index in [2.05, 4.69) is 15.9 Å². The van der Waals surface area contributed by atoms with Gasteiger partial charge in [0, 0.05) is 21.5 Å². The first-order chi connectivity index (χ1) is 11.1. The standard InChI is InChI=1S/C17H15BrCl2O3/c18-13-7-8-16(15(20)10-13)22-9-3-6-17(21)23-11-12-4-1-2-5-14(12)19/h1-2,4-5,7-8,10H,3,6,9,11H2. The van der Waals surface area contributed by atoms with Crippen molar-refractivity contribution >= 4 is 45.1 Å². The second-order valence-electron chi connectivity index (χ2n) is 4.78. The van der Waals surface area contributed by atoms with Crippen molar-refractivity contribution in [3.05, 3.63) is 62.5 Å². The number of hydrogen-bond acceptors (Lipinski definition) is 3. The summed E-state index contributed by atoms with van der Waals surface area (Å²) < 4.78 is 11.6. The quantitative estimate of drug-likeness (QED) is 0.430. The number of rotatable bonds is 7. The highest BCUT2D eigenvalue weighted by molar-refractivity contribution is 9.10. The van der Waals surface area contributed by atoms with Gasteiger partial charge in [-0.2, -0.15) is 0 Å². The predicted octanol–water partition coefficient (Wildman–Crippen LogP) is 5.66. The molecule has 0 radical (unpaired) electrons. The Morgan fingerprint density at radius 1 is 1.09 bits per heavy atom. The smallest absolute Gasteiger partial charge is 0.306 e. The predicted molar refractivity (Wildman–Crippen MR) is 95.1 cm³/mol. The van der Waals surface area contributed by atoms with Crippen LogP contribution in [-0.4, -0.2) is 12.6 Å². The Balaban J connectivity index is 1.68. The fraction of sp³-hybridized carbons (Fsp3) is 0.235. The van der Waals surface area contributed by atoms with Crippen molar-refractivity contribution in [3.8, 4) is 5.75 Å². The van der Waals surface area contributed by atoms with Crippen LogP contribution in [0, 0.1) is 0 Å². The van der Waals surface area contributed by atoms with Crippen LogP contribution in [0.3, 0.4) is 0 Å². The van der Waals surface area contributed by atoms with Gasteiger partial charge in [0.2, 0.25) is 0 Å². The summed E-state index contributed by atoms with van der Waals surface area (Å²) >= 11 is 15.4. The van der Waals surface area contributed by atoms with Crippen LogP contribution in [0.25, 0.3) is 0 Å². The molecule has 0 amide bonds. The molecule has 0 aliphatic carbocycles. The second kappa shape index (κ2) is 9.16. The van der Waals surface area contributed by atoms with Gasteiger partial charge in [-0.3, -0.25) is 4.79 Å². The van der Waals surface area contributed by atoms with Crippen molar-refractivity contribution in [2.75, 3.05) is 6.61 Å². The molecule has 122 valence electrons. The summed E-state index contributed by atoms with van der Waals surface area (Å²) in [6.07, 6.45) is 0.826. The zero-order valence-corrected chi connectivity index (χ0v) is 15.3. The molecule has 0 unspecified atom stereocenters. The average Bonchev–Trinajstić information content (AvgIpc) is 2.52. The van der Waals surface area contributed by atoms with Gasteiger partial charge in [0.25, 0.3) is 0 Å². The number of esters is 1. The van der Waals surface area contributed by atoms with Crippen LogP contribution in [0.4, 0.5) is 0 Å². The highest BCUT2D eigenvalue weighted by atomic mass is 79.9. The van der Waals surface area contributed by atoms with Crippen molar-refractivity contribution < 1.29 is 14.3 Å². The van der Waals surface area contributed by atoms with E-state index in [0.29, 0.717) is 28.8 Å². The number of halogens is 3. The summed E-state index contributed by atoms with van der Waals surface area (Å²) in [5.41, 5.74) is 0.792. The van der Waals surface area contributed by atoms with E-state index < -0.39 is 0 Å². The minimum Gasteiger partial charge on any atom is -0.492 e. The molecule has 0 fully saturated rings. The van der Waals surface area contributed by atoms with E-state index >= 15 is 0 Å². The lowest BCUT2D eigenvalue weighted by Gasteiger charge is -2.09. The molecule has 0 saturated heterocycles. The summed E-state index contributed by atoms with van der Waals surface area (Å²) in [6.45, 7) is 0.570. The minimum absolute atomic E-state index is 0.178. The van der Waals surface area contributed by atoms with Gasteiger partial charge in [-0.25, -0.2) is 0 Å². The fourth-order valence-electron chi connectivity index (χ4n) is 1.84. The first-order valence-electron chi connectivity index (χ1n) is 7.03. The number of benzene rings is 2. The lowest BCUT2D eigenvalue weighted by molar-refractivity contribution is -0.145. The Hall–Kier alpha value is -1.23. The summed E-state index contributed by atoms with van der Waals surface area (Å²) in [6, 6.07) is 12.7. The van der Waals surface area contributed by atoms with Crippen LogP contribution < -0.4 is 4.74 Å². The van der Waals surface area contributed by atoms with E-state index in [4.69, 9.17) is 32.7 Å². The largest absolute Gasteiger partial charge is 0.492 e. The van der Waals surface area contributed by atoms with Gasteiger partial charge < -0.3 is 9.47 Å². The number of carbonyl (C=O) groups excluding carboxylic acids is 1. The molecular weight excluding hydrogens is 403 g/mol. The molecule has 0 saturated carbocycles. The maximum absolute atomic E-state index is 11.7. The fourth-order valence-corrected chi connectivity index (χ4v) is 2.76. The van der Waals surface area contributed by atoms with Gasteiger partial charge in [-0.1, -0.05) is 57.3 Å². The lowest BCUT2D eigenvalue weighted by Crippen LogP contribution is -2.07. The molecule has 0 atom stereocenters. The van der Waals surface area contributed by atoms with Crippen LogP contribution >= 0.6 is 39.1 Å². The van der Waals surface area contributed by atoms with E-state index in [0.717, 1.165) is 10.0 Å². The first kappa shape index (κ1) is 18.1. The topological polar surface area (TPSA) is 35.5 Å². The summed E-state index contributed by atoms with van der Waals surface area (Å²) in [5, 5.41) is 1.12. The number of hydrogen-bond donors (Lipinski definition) is 0. The third-order valence-electron chi connectivity index (χ3n) is 3.02. The van der Waals surface area contributed by atoms with Crippen LogP contribution in [0.2, 0.25) is 10.0 Å². The van der Waals surface area contributed by atoms with Gasteiger partial charge in [-0.15, -0.1) is 0 Å². The van der Waals surface area contributed by atoms with Crippen molar-refractivity contribution in [3.63, 3.8) is 0 Å². The molecule has 0 bridgehead atoms. The minimum atomic E-state index is -0.282. The van der Waals surface area contributed by atoms with Crippen LogP contribution in [-0.2, 0) is 16.1 Å². The molecule has 0 aliphatic heterocycles. The Morgan fingerprint density at radius 3 is 2.61 bits per heavy atom. The molecule has 0 N–H and O–H groups in total.